The molecule has 1 aliphatic heterocycles. The lowest BCUT2D eigenvalue weighted by atomic mass is 9.68. The number of nitrogens with zero attached hydrogens (tertiary/aromatic N) is 3. The molecule has 0 N–H and O–H groups in total. The first-order valence-electron chi connectivity index (χ1n) is 9.38. The van der Waals surface area contributed by atoms with Crippen LogP contribution in [0.2, 0.25) is 0 Å². The Hall–Kier alpha value is -2.91. The van der Waals surface area contributed by atoms with E-state index in [1.165, 1.54) is 0 Å². The van der Waals surface area contributed by atoms with Gasteiger partial charge in [0, 0.05) is 24.1 Å². The molecule has 28 heavy (non-hydrogen) atoms. The number of carbonyl (C=O) groups is 1. The normalized spacial score (nSPS) is 23.1. The number of allylic oxidation sites excluding steroid dienone is 1. The monoisotopic (exact) mass is 377 g/mol. The highest BCUT2D eigenvalue weighted by molar-refractivity contribution is 6.04. The summed E-state index contributed by atoms with van der Waals surface area (Å²) in [5, 5.41) is 9.47. The zero-order valence-electron chi connectivity index (χ0n) is 16.4. The molecule has 0 saturated carbocycles. The van der Waals surface area contributed by atoms with E-state index in [9.17, 15) is 10.1 Å². The standard InChI is InChI=1S/C22H23N3O3/c1-21(2)13-22(10-16(11-23)20(21)26)19-18(8-9-28-22)25(14-24-19)12-15-4-6-17(27-3)7-5-15/h4-7,10,14H,8-9,12-13H2,1-3H3. The van der Waals surface area contributed by atoms with E-state index < -0.39 is 11.0 Å². The van der Waals surface area contributed by atoms with Crippen LogP contribution in [0.1, 0.15) is 37.2 Å². The second kappa shape index (κ2) is 6.61. The van der Waals surface area contributed by atoms with Crippen molar-refractivity contribution in [3.63, 3.8) is 0 Å². The third-order valence-corrected chi connectivity index (χ3v) is 5.62. The van der Waals surface area contributed by atoms with Crippen molar-refractivity contribution in [2.24, 2.45) is 5.41 Å². The molecular weight excluding hydrogens is 354 g/mol. The van der Waals surface area contributed by atoms with Gasteiger partial charge in [-0.1, -0.05) is 26.0 Å². The van der Waals surface area contributed by atoms with Gasteiger partial charge in [0.1, 0.15) is 17.4 Å². The van der Waals surface area contributed by atoms with Gasteiger partial charge in [0.05, 0.1) is 31.3 Å². The summed E-state index contributed by atoms with van der Waals surface area (Å²) in [5.41, 5.74) is 1.74. The van der Waals surface area contributed by atoms with Crippen LogP contribution in [-0.2, 0) is 28.1 Å². The summed E-state index contributed by atoms with van der Waals surface area (Å²) in [6.45, 7) is 4.96. The highest BCUT2D eigenvalue weighted by Crippen LogP contribution is 2.47. The van der Waals surface area contributed by atoms with E-state index >= 15 is 0 Å². The Kier molecular flexibility index (Phi) is 4.35. The molecule has 2 aliphatic rings. The van der Waals surface area contributed by atoms with Crippen LogP contribution in [0.25, 0.3) is 0 Å². The highest BCUT2D eigenvalue weighted by Gasteiger charge is 2.50. The summed E-state index contributed by atoms with van der Waals surface area (Å²) in [5.74, 6) is 0.695. The average molecular weight is 377 g/mol. The Morgan fingerprint density at radius 1 is 1.32 bits per heavy atom. The summed E-state index contributed by atoms with van der Waals surface area (Å²) in [6.07, 6.45) is 4.74. The minimum absolute atomic E-state index is 0.131. The van der Waals surface area contributed by atoms with Gasteiger partial charge in [-0.05, 0) is 30.2 Å². The minimum atomic E-state index is -0.818. The van der Waals surface area contributed by atoms with Crippen molar-refractivity contribution in [1.82, 2.24) is 9.55 Å². The van der Waals surface area contributed by atoms with Gasteiger partial charge in [-0.2, -0.15) is 5.26 Å². The topological polar surface area (TPSA) is 77.1 Å². The van der Waals surface area contributed by atoms with Crippen molar-refractivity contribution in [2.45, 2.75) is 38.8 Å². The molecule has 1 spiro atoms. The molecule has 2 heterocycles. The van der Waals surface area contributed by atoms with Crippen molar-refractivity contribution < 1.29 is 14.3 Å². The van der Waals surface area contributed by atoms with Crippen LogP contribution in [0.5, 0.6) is 5.75 Å². The third kappa shape index (κ3) is 2.92. The molecule has 0 bridgehead atoms. The Bertz CT molecular complexity index is 995. The van der Waals surface area contributed by atoms with Crippen LogP contribution in [-0.4, -0.2) is 29.1 Å². The molecule has 1 aromatic carbocycles. The van der Waals surface area contributed by atoms with Crippen molar-refractivity contribution in [2.75, 3.05) is 13.7 Å². The zero-order chi connectivity index (χ0) is 19.9. The van der Waals surface area contributed by atoms with Crippen molar-refractivity contribution in [3.8, 4) is 11.8 Å². The van der Waals surface area contributed by atoms with E-state index in [4.69, 9.17) is 9.47 Å². The van der Waals surface area contributed by atoms with Crippen molar-refractivity contribution >= 4 is 5.78 Å². The number of aromatic nitrogens is 2. The Morgan fingerprint density at radius 2 is 2.07 bits per heavy atom. The smallest absolute Gasteiger partial charge is 0.178 e. The maximum atomic E-state index is 12.5. The lowest BCUT2D eigenvalue weighted by molar-refractivity contribution is -0.131. The maximum Gasteiger partial charge on any atom is 0.178 e. The predicted molar refractivity (Wildman–Crippen MR) is 103 cm³/mol. The number of fused-ring (bicyclic) bond motifs is 2. The number of ether oxygens (including phenoxy) is 2. The van der Waals surface area contributed by atoms with Gasteiger partial charge < -0.3 is 14.0 Å². The molecule has 1 aliphatic carbocycles. The summed E-state index contributed by atoms with van der Waals surface area (Å²) in [6, 6.07) is 10.0. The molecule has 4 rings (SSSR count). The molecule has 6 heteroatoms. The van der Waals surface area contributed by atoms with Crippen LogP contribution in [0.4, 0.5) is 0 Å². The molecule has 0 saturated heterocycles. The lowest BCUT2D eigenvalue weighted by Crippen LogP contribution is -2.45. The van der Waals surface area contributed by atoms with Crippen LogP contribution in [0.15, 0.2) is 42.2 Å². The second-order valence-electron chi connectivity index (χ2n) is 8.06. The van der Waals surface area contributed by atoms with E-state index in [0.29, 0.717) is 19.6 Å². The van der Waals surface area contributed by atoms with Gasteiger partial charge >= 0.3 is 0 Å². The molecular formula is C22H23N3O3. The minimum Gasteiger partial charge on any atom is -0.497 e. The molecule has 0 radical (unpaired) electrons. The number of hydrogen-bond donors (Lipinski definition) is 0. The van der Waals surface area contributed by atoms with Crippen LogP contribution >= 0.6 is 0 Å². The summed E-state index contributed by atoms with van der Waals surface area (Å²) in [4.78, 5) is 17.2. The number of rotatable bonds is 3. The summed E-state index contributed by atoms with van der Waals surface area (Å²) < 4.78 is 13.5. The molecule has 0 amide bonds. The first-order valence-corrected chi connectivity index (χ1v) is 9.38. The fraction of sp³-hybridized carbons (Fsp3) is 0.409. The number of Topliss-reactive ketones (excluding diaryl/α,β-unsaturated/α-hetero) is 1. The van der Waals surface area contributed by atoms with E-state index in [1.807, 2.05) is 44.4 Å². The first kappa shape index (κ1) is 18.5. The Morgan fingerprint density at radius 3 is 2.75 bits per heavy atom. The molecule has 1 aromatic heterocycles. The van der Waals surface area contributed by atoms with Crippen LogP contribution < -0.4 is 4.74 Å². The highest BCUT2D eigenvalue weighted by atomic mass is 16.5. The van der Waals surface area contributed by atoms with Crippen LogP contribution in [0.3, 0.4) is 0 Å². The van der Waals surface area contributed by atoms with Crippen LogP contribution in [0, 0.1) is 16.7 Å². The molecule has 2 aromatic rings. The predicted octanol–water partition coefficient (Wildman–Crippen LogP) is 3.16. The lowest BCUT2D eigenvalue weighted by Gasteiger charge is -2.42. The van der Waals surface area contributed by atoms with E-state index in [0.717, 1.165) is 29.1 Å². The molecule has 1 atom stereocenters. The number of methoxy groups -OCH3 is 1. The van der Waals surface area contributed by atoms with E-state index in [2.05, 4.69) is 15.6 Å². The first-order chi connectivity index (χ1) is 13.4. The van der Waals surface area contributed by atoms with Gasteiger partial charge in [0.2, 0.25) is 0 Å². The number of hydrogen-bond acceptors (Lipinski definition) is 5. The zero-order valence-corrected chi connectivity index (χ0v) is 16.4. The third-order valence-electron chi connectivity index (χ3n) is 5.62. The Labute approximate surface area is 164 Å². The number of nitriles is 1. The van der Waals surface area contributed by atoms with Gasteiger partial charge in [-0.15, -0.1) is 0 Å². The fourth-order valence-electron chi connectivity index (χ4n) is 4.26. The van der Waals surface area contributed by atoms with Crippen molar-refractivity contribution in [1.29, 1.82) is 5.26 Å². The molecule has 0 fully saturated rings. The van der Waals surface area contributed by atoms with Gasteiger partial charge in [0.15, 0.2) is 5.78 Å². The Balaban J connectivity index is 1.73. The molecule has 144 valence electrons. The van der Waals surface area contributed by atoms with E-state index in [1.54, 1.807) is 13.2 Å². The van der Waals surface area contributed by atoms with Gasteiger partial charge in [0.25, 0.3) is 0 Å². The SMILES string of the molecule is COc1ccc(Cn2cnc3c2CCOC32C=C(C#N)C(=O)C(C)(C)C2)cc1. The van der Waals surface area contributed by atoms with Crippen molar-refractivity contribution in [3.05, 3.63) is 59.2 Å². The largest absolute Gasteiger partial charge is 0.497 e. The summed E-state index contributed by atoms with van der Waals surface area (Å²) >= 11 is 0. The number of ketones is 1. The number of benzene rings is 1. The average Bonchev–Trinajstić information content (AvgIpc) is 3.09. The fourth-order valence-corrected chi connectivity index (χ4v) is 4.26. The second-order valence-corrected chi connectivity index (χ2v) is 8.06. The number of imidazole rings is 1. The number of carbonyl (C=O) groups excluding carboxylic acids is 1. The maximum absolute atomic E-state index is 12.5. The molecule has 1 unspecified atom stereocenters. The quantitative estimate of drug-likeness (QED) is 0.821. The molecule has 6 nitrogen and oxygen atoms in total. The van der Waals surface area contributed by atoms with Gasteiger partial charge in [-0.3, -0.25) is 4.79 Å². The summed E-state index contributed by atoms with van der Waals surface area (Å²) in [7, 11) is 1.65. The van der Waals surface area contributed by atoms with Gasteiger partial charge in [-0.25, -0.2) is 4.98 Å². The van der Waals surface area contributed by atoms with E-state index in [-0.39, 0.29) is 11.4 Å².